The minimum absolute atomic E-state index is 0.120. The van der Waals surface area contributed by atoms with E-state index in [1.54, 1.807) is 12.1 Å². The van der Waals surface area contributed by atoms with Crippen LogP contribution in [0.3, 0.4) is 0 Å². The number of aromatic nitrogens is 1. The Labute approximate surface area is 96.2 Å². The van der Waals surface area contributed by atoms with Crippen LogP contribution in [0, 0.1) is 10.1 Å². The maximum absolute atomic E-state index is 10.4. The van der Waals surface area contributed by atoms with Crippen LogP contribution in [0.5, 0.6) is 0 Å². The predicted octanol–water partition coefficient (Wildman–Crippen LogP) is 0.145. The number of hydrogen-bond acceptors (Lipinski definition) is 6. The molecule has 86 valence electrons. The molecule has 7 nitrogen and oxygen atoms in total. The molecule has 0 radical (unpaired) electrons. The molecule has 0 unspecified atom stereocenters. The van der Waals surface area contributed by atoms with Crippen LogP contribution in [0.2, 0.25) is 5.15 Å². The molecule has 0 fully saturated rings. The van der Waals surface area contributed by atoms with Crippen LogP contribution >= 0.6 is 11.6 Å². The van der Waals surface area contributed by atoms with E-state index in [0.29, 0.717) is 10.7 Å². The second-order valence-corrected chi connectivity index (χ2v) is 3.32. The SMILES string of the molecule is NNC(Cc1ccc(Cl)nc1)=C(N)[N+](=O)[O-]. The molecule has 0 saturated carbocycles. The summed E-state index contributed by atoms with van der Waals surface area (Å²) < 4.78 is 0. The number of pyridine rings is 1. The van der Waals surface area contributed by atoms with Crippen molar-refractivity contribution in [3.8, 4) is 0 Å². The molecule has 0 spiro atoms. The van der Waals surface area contributed by atoms with E-state index in [1.165, 1.54) is 6.20 Å². The van der Waals surface area contributed by atoms with Gasteiger partial charge in [0, 0.05) is 12.6 Å². The van der Waals surface area contributed by atoms with E-state index >= 15 is 0 Å². The molecule has 0 bridgehead atoms. The van der Waals surface area contributed by atoms with Crippen molar-refractivity contribution >= 4 is 11.6 Å². The van der Waals surface area contributed by atoms with Gasteiger partial charge in [-0.05, 0) is 16.6 Å². The quantitative estimate of drug-likeness (QED) is 0.300. The highest BCUT2D eigenvalue weighted by Gasteiger charge is 2.11. The van der Waals surface area contributed by atoms with Gasteiger partial charge < -0.3 is 15.5 Å². The summed E-state index contributed by atoms with van der Waals surface area (Å²) in [5.41, 5.74) is 8.27. The average Bonchev–Trinajstić information content (AvgIpc) is 2.27. The second kappa shape index (κ2) is 5.29. The fraction of sp³-hybridized carbons (Fsp3) is 0.125. The number of rotatable bonds is 4. The lowest BCUT2D eigenvalue weighted by molar-refractivity contribution is -0.428. The summed E-state index contributed by atoms with van der Waals surface area (Å²) in [5.74, 6) is 4.63. The molecule has 0 atom stereocenters. The van der Waals surface area contributed by atoms with Crippen LogP contribution in [-0.2, 0) is 6.42 Å². The van der Waals surface area contributed by atoms with Gasteiger partial charge in [-0.3, -0.25) is 11.6 Å². The third-order valence-electron chi connectivity index (χ3n) is 1.85. The predicted molar refractivity (Wildman–Crippen MR) is 58.5 cm³/mol. The van der Waals surface area contributed by atoms with E-state index in [1.807, 2.05) is 0 Å². The number of nitrogens with two attached hydrogens (primary N) is 2. The fourth-order valence-electron chi connectivity index (χ4n) is 1.04. The number of hydrogen-bond donors (Lipinski definition) is 3. The topological polar surface area (TPSA) is 120 Å². The fourth-order valence-corrected chi connectivity index (χ4v) is 1.15. The van der Waals surface area contributed by atoms with Gasteiger partial charge in [-0.2, -0.15) is 0 Å². The normalized spacial score (nSPS) is 11.9. The highest BCUT2D eigenvalue weighted by Crippen LogP contribution is 2.09. The average molecular weight is 244 g/mol. The summed E-state index contributed by atoms with van der Waals surface area (Å²) in [5, 5.41) is 10.8. The van der Waals surface area contributed by atoms with Gasteiger partial charge in [-0.1, -0.05) is 17.7 Å². The van der Waals surface area contributed by atoms with Crippen molar-refractivity contribution in [2.75, 3.05) is 0 Å². The standard InChI is InChI=1S/C8H10ClN5O2/c9-7-2-1-5(4-12-7)3-6(13-11)8(10)14(15)16/h1-2,4,13H,3,10-11H2. The van der Waals surface area contributed by atoms with Gasteiger partial charge in [0.1, 0.15) is 10.9 Å². The zero-order chi connectivity index (χ0) is 12.1. The second-order valence-electron chi connectivity index (χ2n) is 2.93. The lowest BCUT2D eigenvalue weighted by Crippen LogP contribution is -2.28. The maximum Gasteiger partial charge on any atom is 0.334 e. The lowest BCUT2D eigenvalue weighted by Gasteiger charge is -2.06. The van der Waals surface area contributed by atoms with E-state index in [-0.39, 0.29) is 12.1 Å². The first-order valence-corrected chi connectivity index (χ1v) is 4.62. The molecule has 0 aliphatic heterocycles. The number of allylic oxidation sites excluding steroid dienone is 1. The number of nitro groups is 1. The largest absolute Gasteiger partial charge is 0.358 e. The van der Waals surface area contributed by atoms with Crippen LogP contribution < -0.4 is 17.0 Å². The Morgan fingerprint density at radius 1 is 1.62 bits per heavy atom. The zero-order valence-electron chi connectivity index (χ0n) is 8.18. The maximum atomic E-state index is 10.4. The van der Waals surface area contributed by atoms with Gasteiger partial charge in [0.15, 0.2) is 0 Å². The van der Waals surface area contributed by atoms with E-state index < -0.39 is 10.7 Å². The number of halogens is 1. The molecule has 16 heavy (non-hydrogen) atoms. The van der Waals surface area contributed by atoms with E-state index in [0.717, 1.165) is 0 Å². The number of nitrogens with one attached hydrogen (secondary N) is 1. The van der Waals surface area contributed by atoms with Gasteiger partial charge in [-0.15, -0.1) is 0 Å². The molecule has 1 heterocycles. The molecular formula is C8H10ClN5O2. The smallest absolute Gasteiger partial charge is 0.334 e. The number of hydrazine groups is 1. The Morgan fingerprint density at radius 3 is 2.75 bits per heavy atom. The molecule has 1 rings (SSSR count). The molecule has 0 amide bonds. The first-order valence-electron chi connectivity index (χ1n) is 4.24. The lowest BCUT2D eigenvalue weighted by atomic mass is 10.1. The van der Waals surface area contributed by atoms with Crippen LogP contribution in [0.15, 0.2) is 29.8 Å². The summed E-state index contributed by atoms with van der Waals surface area (Å²) in [4.78, 5) is 13.6. The van der Waals surface area contributed by atoms with Crippen LogP contribution in [0.25, 0.3) is 0 Å². The molecule has 5 N–H and O–H groups in total. The zero-order valence-corrected chi connectivity index (χ0v) is 8.94. The minimum atomic E-state index is -0.710. The first-order chi connectivity index (χ1) is 7.54. The highest BCUT2D eigenvalue weighted by atomic mass is 35.5. The monoisotopic (exact) mass is 243 g/mol. The van der Waals surface area contributed by atoms with Crippen LogP contribution in [0.4, 0.5) is 0 Å². The molecular weight excluding hydrogens is 234 g/mol. The molecule has 1 aromatic heterocycles. The minimum Gasteiger partial charge on any atom is -0.358 e. The van der Waals surface area contributed by atoms with Crippen molar-refractivity contribution in [3.63, 3.8) is 0 Å². The highest BCUT2D eigenvalue weighted by molar-refractivity contribution is 6.29. The Kier molecular flexibility index (Phi) is 4.03. The molecule has 0 aromatic carbocycles. The van der Waals surface area contributed by atoms with Gasteiger partial charge in [0.2, 0.25) is 0 Å². The van der Waals surface area contributed by atoms with E-state index in [2.05, 4.69) is 10.4 Å². The number of nitrogens with zero attached hydrogens (tertiary/aromatic N) is 2. The summed E-state index contributed by atoms with van der Waals surface area (Å²) in [6.07, 6.45) is 1.68. The van der Waals surface area contributed by atoms with E-state index in [4.69, 9.17) is 23.2 Å². The van der Waals surface area contributed by atoms with Crippen molar-refractivity contribution < 1.29 is 4.92 Å². The van der Waals surface area contributed by atoms with Crippen molar-refractivity contribution in [3.05, 3.63) is 50.7 Å². The first kappa shape index (κ1) is 12.2. The van der Waals surface area contributed by atoms with E-state index in [9.17, 15) is 10.1 Å². The molecule has 0 aliphatic rings. The summed E-state index contributed by atoms with van der Waals surface area (Å²) >= 11 is 5.60. The van der Waals surface area contributed by atoms with Crippen molar-refractivity contribution in [1.82, 2.24) is 10.4 Å². The molecule has 1 aromatic rings. The van der Waals surface area contributed by atoms with Gasteiger partial charge >= 0.3 is 5.82 Å². The molecule has 8 heteroatoms. The van der Waals surface area contributed by atoms with Gasteiger partial charge in [-0.25, -0.2) is 4.98 Å². The third kappa shape index (κ3) is 3.07. The third-order valence-corrected chi connectivity index (χ3v) is 2.07. The Hall–Kier alpha value is -1.86. The van der Waals surface area contributed by atoms with Gasteiger partial charge in [0.05, 0.1) is 0 Å². The van der Waals surface area contributed by atoms with Crippen LogP contribution in [-0.4, -0.2) is 9.91 Å². The molecule has 0 aliphatic carbocycles. The van der Waals surface area contributed by atoms with Crippen molar-refractivity contribution in [2.24, 2.45) is 11.6 Å². The Bertz CT molecular complexity index is 417. The Balaban J connectivity index is 2.90. The summed E-state index contributed by atoms with van der Waals surface area (Å²) in [7, 11) is 0. The van der Waals surface area contributed by atoms with Crippen LogP contribution in [0.1, 0.15) is 5.56 Å². The Morgan fingerprint density at radius 2 is 2.31 bits per heavy atom. The summed E-state index contributed by atoms with van der Waals surface area (Å²) in [6.45, 7) is 0. The molecule has 0 saturated heterocycles. The van der Waals surface area contributed by atoms with Crippen molar-refractivity contribution in [1.29, 1.82) is 0 Å². The van der Waals surface area contributed by atoms with Gasteiger partial charge in [0.25, 0.3) is 0 Å². The van der Waals surface area contributed by atoms with Crippen molar-refractivity contribution in [2.45, 2.75) is 6.42 Å². The summed E-state index contributed by atoms with van der Waals surface area (Å²) in [6, 6.07) is 3.26.